The Labute approximate surface area is 84.6 Å². The van der Waals surface area contributed by atoms with Crippen LogP contribution in [-0.2, 0) is 20.8 Å². The fourth-order valence-electron chi connectivity index (χ4n) is 0.915. The molecule has 1 rings (SSSR count). The van der Waals surface area contributed by atoms with Crippen LogP contribution in [0, 0.1) is 0 Å². The molecule has 0 fully saturated rings. The number of rotatable bonds is 6. The van der Waals surface area contributed by atoms with Crippen LogP contribution in [0.2, 0.25) is 0 Å². The van der Waals surface area contributed by atoms with Gasteiger partial charge < -0.3 is 0 Å². The monoisotopic (exact) mass is 214 g/mol. The van der Waals surface area contributed by atoms with Gasteiger partial charge in [0.1, 0.15) is 6.61 Å². The summed E-state index contributed by atoms with van der Waals surface area (Å²) in [6, 6.07) is 9.63. The molecule has 0 heterocycles. The predicted octanol–water partition coefficient (Wildman–Crippen LogP) is 2.31. The molecule has 0 saturated carbocycles. The van der Waals surface area contributed by atoms with Gasteiger partial charge in [-0.15, -0.1) is 0 Å². The summed E-state index contributed by atoms with van der Waals surface area (Å²) in [6.07, 6.45) is 0. The van der Waals surface area contributed by atoms with E-state index in [9.17, 15) is 4.57 Å². The predicted molar refractivity (Wildman–Crippen MR) is 53.7 cm³/mol. The van der Waals surface area contributed by atoms with Crippen molar-refractivity contribution in [2.75, 3.05) is 6.61 Å². The SMILES string of the molecule is CCON(OCc1ccccc1)[PH+]=O. The minimum absolute atomic E-state index is 0.357. The molecule has 0 aliphatic carbocycles. The molecule has 0 aromatic heterocycles. The van der Waals surface area contributed by atoms with Crippen LogP contribution < -0.4 is 0 Å². The summed E-state index contributed by atoms with van der Waals surface area (Å²) >= 11 is 0. The van der Waals surface area contributed by atoms with Gasteiger partial charge in [0.05, 0.1) is 6.61 Å². The molecule has 1 atom stereocenters. The molecule has 1 aromatic rings. The standard InChI is InChI=1S/C9H12NO3P/c1-2-12-10(14-11)13-8-9-6-4-3-5-7-9/h3-7H,2,8H2,1H3/p+1. The second-order valence-electron chi connectivity index (χ2n) is 2.53. The van der Waals surface area contributed by atoms with Crippen molar-refractivity contribution in [3.8, 4) is 0 Å². The van der Waals surface area contributed by atoms with E-state index < -0.39 is 8.61 Å². The lowest BCUT2D eigenvalue weighted by atomic mass is 10.2. The molecular weight excluding hydrogens is 201 g/mol. The smallest absolute Gasteiger partial charge is 0.235 e. The van der Waals surface area contributed by atoms with E-state index in [1.54, 1.807) is 6.92 Å². The van der Waals surface area contributed by atoms with Gasteiger partial charge in [0.15, 0.2) is 5.00 Å². The minimum atomic E-state index is -0.754. The van der Waals surface area contributed by atoms with Gasteiger partial charge in [0, 0.05) is 0 Å². The van der Waals surface area contributed by atoms with Crippen LogP contribution in [0.15, 0.2) is 30.3 Å². The molecule has 0 saturated heterocycles. The Morgan fingerprint density at radius 2 is 2.00 bits per heavy atom. The summed E-state index contributed by atoms with van der Waals surface area (Å²) in [5.74, 6) is 0. The van der Waals surface area contributed by atoms with Crippen LogP contribution >= 0.6 is 8.61 Å². The highest BCUT2D eigenvalue weighted by Gasteiger charge is 2.12. The second kappa shape index (κ2) is 6.62. The summed E-state index contributed by atoms with van der Waals surface area (Å²) < 4.78 is 10.5. The number of benzene rings is 1. The lowest BCUT2D eigenvalue weighted by Gasteiger charge is -2.05. The molecule has 0 N–H and O–H groups in total. The third-order valence-electron chi connectivity index (χ3n) is 1.51. The van der Waals surface area contributed by atoms with Crippen molar-refractivity contribution in [1.29, 1.82) is 0 Å². The minimum Gasteiger partial charge on any atom is -0.235 e. The van der Waals surface area contributed by atoms with E-state index >= 15 is 0 Å². The van der Waals surface area contributed by atoms with Crippen molar-refractivity contribution in [2.24, 2.45) is 0 Å². The van der Waals surface area contributed by atoms with Crippen LogP contribution in [0.1, 0.15) is 12.5 Å². The lowest BCUT2D eigenvalue weighted by Crippen LogP contribution is -2.13. The average molecular weight is 214 g/mol. The van der Waals surface area contributed by atoms with E-state index in [4.69, 9.17) is 9.68 Å². The van der Waals surface area contributed by atoms with E-state index in [1.807, 2.05) is 30.3 Å². The first-order valence-corrected chi connectivity index (χ1v) is 5.20. The third kappa shape index (κ3) is 3.94. The average Bonchev–Trinajstić information content (AvgIpc) is 2.25. The van der Waals surface area contributed by atoms with Gasteiger partial charge in [0.25, 0.3) is 0 Å². The molecule has 0 aliphatic heterocycles. The first kappa shape index (κ1) is 11.3. The Morgan fingerprint density at radius 3 is 2.57 bits per heavy atom. The molecule has 0 spiro atoms. The van der Waals surface area contributed by atoms with Gasteiger partial charge in [-0.1, -0.05) is 30.3 Å². The summed E-state index contributed by atoms with van der Waals surface area (Å²) in [5.41, 5.74) is 1.01. The molecule has 1 aromatic carbocycles. The van der Waals surface area contributed by atoms with Crippen molar-refractivity contribution in [2.45, 2.75) is 13.5 Å². The highest BCUT2D eigenvalue weighted by atomic mass is 31.1. The Hall–Kier alpha value is -0.800. The van der Waals surface area contributed by atoms with Gasteiger partial charge in [-0.2, -0.15) is 0 Å². The zero-order valence-electron chi connectivity index (χ0n) is 7.97. The number of hydrogen-bond acceptors (Lipinski definition) is 3. The molecule has 0 amide bonds. The molecule has 76 valence electrons. The van der Waals surface area contributed by atoms with Crippen LogP contribution in [0.25, 0.3) is 0 Å². The maximum absolute atomic E-state index is 10.5. The summed E-state index contributed by atoms with van der Waals surface area (Å²) in [6.45, 7) is 2.60. The van der Waals surface area contributed by atoms with Gasteiger partial charge in [-0.3, -0.25) is 0 Å². The molecule has 4 nitrogen and oxygen atoms in total. The number of nitrogens with zero attached hydrogens (tertiary/aromatic N) is 1. The van der Waals surface area contributed by atoms with Crippen molar-refractivity contribution in [3.63, 3.8) is 0 Å². The normalized spacial score (nSPS) is 11.0. The van der Waals surface area contributed by atoms with Crippen LogP contribution in [0.4, 0.5) is 0 Å². The zero-order valence-corrected chi connectivity index (χ0v) is 8.97. The van der Waals surface area contributed by atoms with Gasteiger partial charge in [-0.05, 0) is 17.1 Å². The fraction of sp³-hybridized carbons (Fsp3) is 0.333. The lowest BCUT2D eigenvalue weighted by molar-refractivity contribution is -0.303. The van der Waals surface area contributed by atoms with Crippen molar-refractivity contribution in [3.05, 3.63) is 35.9 Å². The van der Waals surface area contributed by atoms with E-state index in [2.05, 4.69) is 0 Å². The first-order valence-electron chi connectivity index (χ1n) is 4.34. The number of hydrogen-bond donors (Lipinski definition) is 0. The highest BCUT2D eigenvalue weighted by Crippen LogP contribution is 2.10. The van der Waals surface area contributed by atoms with Crippen LogP contribution in [-0.4, -0.2) is 11.6 Å². The Bertz CT molecular complexity index is 268. The van der Waals surface area contributed by atoms with E-state index in [1.165, 1.54) is 0 Å². The topological polar surface area (TPSA) is 38.8 Å². The van der Waals surface area contributed by atoms with Crippen molar-refractivity contribution in [1.82, 2.24) is 5.00 Å². The first-order chi connectivity index (χ1) is 6.86. The van der Waals surface area contributed by atoms with Gasteiger partial charge >= 0.3 is 8.61 Å². The van der Waals surface area contributed by atoms with Gasteiger partial charge in [0.2, 0.25) is 0 Å². The second-order valence-corrected chi connectivity index (χ2v) is 3.07. The molecule has 0 bridgehead atoms. The van der Waals surface area contributed by atoms with Crippen LogP contribution in [0.5, 0.6) is 0 Å². The van der Waals surface area contributed by atoms with Crippen molar-refractivity contribution >= 4 is 8.61 Å². The molecular formula is C9H13NO3P+. The van der Waals surface area contributed by atoms with Gasteiger partial charge in [-0.25, -0.2) is 9.68 Å². The summed E-state index contributed by atoms with van der Waals surface area (Å²) in [4.78, 5) is 11.0. The van der Waals surface area contributed by atoms with E-state index in [-0.39, 0.29) is 0 Å². The molecule has 5 heteroatoms. The Morgan fingerprint density at radius 1 is 1.29 bits per heavy atom. The summed E-state index contributed by atoms with van der Waals surface area (Å²) in [5, 5.41) is 0. The molecule has 0 aliphatic rings. The maximum Gasteiger partial charge on any atom is 0.474 e. The van der Waals surface area contributed by atoms with Crippen LogP contribution in [0.3, 0.4) is 0 Å². The maximum atomic E-state index is 10.5. The third-order valence-corrected chi connectivity index (χ3v) is 1.92. The van der Waals surface area contributed by atoms with E-state index in [0.29, 0.717) is 13.2 Å². The summed E-state index contributed by atoms with van der Waals surface area (Å²) in [7, 11) is -0.754. The largest absolute Gasteiger partial charge is 0.474 e. The highest BCUT2D eigenvalue weighted by molar-refractivity contribution is 7.20. The molecule has 0 radical (unpaired) electrons. The Balaban J connectivity index is 2.35. The Kier molecular flexibility index (Phi) is 5.33. The van der Waals surface area contributed by atoms with E-state index in [0.717, 1.165) is 10.6 Å². The zero-order chi connectivity index (χ0) is 10.2. The molecule has 1 unspecified atom stereocenters. The quantitative estimate of drug-likeness (QED) is 0.538. The van der Waals surface area contributed by atoms with Crippen molar-refractivity contribution < 1.29 is 14.2 Å². The fourth-order valence-corrected chi connectivity index (χ4v) is 1.21. The molecule has 14 heavy (non-hydrogen) atoms.